The minimum Gasteiger partial charge on any atom is -0.507 e. The van der Waals surface area contributed by atoms with E-state index in [4.69, 9.17) is 9.72 Å². The molecule has 4 aromatic carbocycles. The van der Waals surface area contributed by atoms with E-state index in [0.717, 1.165) is 33.2 Å². The zero-order valence-corrected chi connectivity index (χ0v) is 18.0. The second kappa shape index (κ2) is 7.15. The van der Waals surface area contributed by atoms with Gasteiger partial charge in [0.25, 0.3) is 0 Å². The van der Waals surface area contributed by atoms with Crippen LogP contribution in [0.3, 0.4) is 0 Å². The Morgan fingerprint density at radius 3 is 2.50 bits per heavy atom. The zero-order chi connectivity index (χ0) is 22.6. The Kier molecular flexibility index (Phi) is 3.96. The molecule has 0 radical (unpaired) electrons. The van der Waals surface area contributed by atoms with Crippen LogP contribution in [0.2, 0.25) is 0 Å². The van der Waals surface area contributed by atoms with Crippen molar-refractivity contribution < 1.29 is 9.84 Å². The van der Waals surface area contributed by atoms with E-state index in [9.17, 15) is 5.11 Å². The molecular weight excluding hydrogens is 424 g/mol. The van der Waals surface area contributed by atoms with Gasteiger partial charge in [-0.2, -0.15) is 0 Å². The molecule has 6 nitrogen and oxygen atoms in total. The molecule has 1 aliphatic heterocycles. The third-order valence-corrected chi connectivity index (χ3v) is 6.37. The van der Waals surface area contributed by atoms with Gasteiger partial charge in [0.05, 0.1) is 11.1 Å². The number of rotatable bonds is 2. The quantitative estimate of drug-likeness (QED) is 0.359. The molecule has 2 aromatic heterocycles. The third kappa shape index (κ3) is 2.72. The summed E-state index contributed by atoms with van der Waals surface area (Å²) in [6.07, 6.45) is 1.61. The number of aromatic nitrogens is 4. The summed E-state index contributed by atoms with van der Waals surface area (Å²) in [5, 5.41) is 17.1. The molecular formula is C28H18N4O2. The van der Waals surface area contributed by atoms with E-state index in [2.05, 4.69) is 46.5 Å². The van der Waals surface area contributed by atoms with Gasteiger partial charge in [0.15, 0.2) is 11.5 Å². The Morgan fingerprint density at radius 2 is 1.62 bits per heavy atom. The smallest absolute Gasteiger partial charge is 0.228 e. The number of benzene rings is 4. The van der Waals surface area contributed by atoms with Crippen molar-refractivity contribution in [2.45, 2.75) is 5.92 Å². The molecule has 0 spiro atoms. The SMILES string of the molecule is Oc1ccccc1-c1nc2c3c(ncn2n1)Oc1c(ccc2ccccc12)[C@H]3c1ccccc1. The van der Waals surface area contributed by atoms with Crippen molar-refractivity contribution in [3.63, 3.8) is 0 Å². The predicted molar refractivity (Wildman–Crippen MR) is 129 cm³/mol. The first-order valence-corrected chi connectivity index (χ1v) is 11.1. The van der Waals surface area contributed by atoms with E-state index in [0.29, 0.717) is 22.9 Å². The van der Waals surface area contributed by atoms with Gasteiger partial charge in [0, 0.05) is 16.9 Å². The standard InChI is InChI=1S/C28H18N4O2/c33-22-13-7-6-12-20(22)26-30-27-24-23(18-9-2-1-3-10-18)21-15-14-17-8-4-5-11-19(17)25(21)34-28(24)29-16-32(27)31-26/h1-16,23,33H/t23-/m1/s1. The van der Waals surface area contributed by atoms with Crippen LogP contribution >= 0.6 is 0 Å². The molecule has 6 aromatic rings. The lowest BCUT2D eigenvalue weighted by Crippen LogP contribution is -2.15. The molecule has 0 aliphatic carbocycles. The maximum Gasteiger partial charge on any atom is 0.228 e. The lowest BCUT2D eigenvalue weighted by Gasteiger charge is -2.28. The highest BCUT2D eigenvalue weighted by Gasteiger charge is 2.34. The van der Waals surface area contributed by atoms with E-state index in [1.54, 1.807) is 29.0 Å². The number of nitrogens with zero attached hydrogens (tertiary/aromatic N) is 4. The summed E-state index contributed by atoms with van der Waals surface area (Å²) in [6.45, 7) is 0. The Hall–Kier alpha value is -4.71. The van der Waals surface area contributed by atoms with Crippen LogP contribution < -0.4 is 4.74 Å². The number of hydrogen-bond acceptors (Lipinski definition) is 5. The Bertz CT molecular complexity index is 1710. The molecule has 34 heavy (non-hydrogen) atoms. The molecule has 0 unspecified atom stereocenters. The summed E-state index contributed by atoms with van der Waals surface area (Å²) >= 11 is 0. The fraction of sp³-hybridized carbons (Fsp3) is 0.0357. The van der Waals surface area contributed by atoms with E-state index in [1.807, 2.05) is 36.4 Å². The van der Waals surface area contributed by atoms with E-state index in [-0.39, 0.29) is 11.7 Å². The molecule has 7 rings (SSSR count). The van der Waals surface area contributed by atoms with Gasteiger partial charge in [-0.3, -0.25) is 0 Å². The van der Waals surface area contributed by atoms with Crippen LogP contribution in [-0.2, 0) is 0 Å². The molecule has 1 atom stereocenters. The highest BCUT2D eigenvalue weighted by Crippen LogP contribution is 2.50. The van der Waals surface area contributed by atoms with Crippen molar-refractivity contribution in [3.8, 4) is 28.8 Å². The highest BCUT2D eigenvalue weighted by atomic mass is 16.5. The third-order valence-electron chi connectivity index (χ3n) is 6.37. The number of hydrogen-bond donors (Lipinski definition) is 1. The summed E-state index contributed by atoms with van der Waals surface area (Å²) in [6, 6.07) is 29.8. The second-order valence-corrected chi connectivity index (χ2v) is 8.33. The molecule has 1 aliphatic rings. The topological polar surface area (TPSA) is 72.5 Å². The van der Waals surface area contributed by atoms with Crippen molar-refractivity contribution >= 4 is 16.4 Å². The van der Waals surface area contributed by atoms with Crippen LogP contribution in [-0.4, -0.2) is 24.7 Å². The summed E-state index contributed by atoms with van der Waals surface area (Å²) in [5.74, 6) is 1.76. The summed E-state index contributed by atoms with van der Waals surface area (Å²) in [5.41, 5.74) is 4.24. The van der Waals surface area contributed by atoms with Gasteiger partial charge in [-0.1, -0.05) is 78.9 Å². The average Bonchev–Trinajstić information content (AvgIpc) is 3.32. The molecule has 1 N–H and O–H groups in total. The highest BCUT2D eigenvalue weighted by molar-refractivity contribution is 5.91. The summed E-state index contributed by atoms with van der Waals surface area (Å²) in [7, 11) is 0. The summed E-state index contributed by atoms with van der Waals surface area (Å²) < 4.78 is 8.11. The molecule has 3 heterocycles. The first-order chi connectivity index (χ1) is 16.8. The van der Waals surface area contributed by atoms with Crippen molar-refractivity contribution in [2.75, 3.05) is 0 Å². The van der Waals surface area contributed by atoms with Crippen LogP contribution in [0.5, 0.6) is 17.4 Å². The van der Waals surface area contributed by atoms with Crippen LogP contribution in [0.25, 0.3) is 27.8 Å². The number of fused-ring (bicyclic) bond motifs is 6. The maximum atomic E-state index is 10.4. The minimum absolute atomic E-state index is 0.132. The average molecular weight is 442 g/mol. The number of phenols is 1. The minimum atomic E-state index is -0.137. The molecule has 0 saturated heterocycles. The maximum absolute atomic E-state index is 10.4. The molecule has 0 bridgehead atoms. The molecule has 0 fully saturated rings. The Balaban J connectivity index is 1.53. The van der Waals surface area contributed by atoms with E-state index >= 15 is 0 Å². The van der Waals surface area contributed by atoms with Crippen molar-refractivity contribution in [1.29, 1.82) is 0 Å². The van der Waals surface area contributed by atoms with Gasteiger partial charge in [0.1, 0.15) is 17.8 Å². The normalized spacial score (nSPS) is 14.5. The first kappa shape index (κ1) is 18.8. The molecule has 162 valence electrons. The first-order valence-electron chi connectivity index (χ1n) is 11.1. The van der Waals surface area contributed by atoms with Crippen molar-refractivity contribution in [2.24, 2.45) is 0 Å². The Morgan fingerprint density at radius 1 is 0.824 bits per heavy atom. The van der Waals surface area contributed by atoms with E-state index < -0.39 is 0 Å². The molecule has 6 heteroatoms. The predicted octanol–water partition coefficient (Wildman–Crippen LogP) is 5.94. The fourth-order valence-electron chi connectivity index (χ4n) is 4.82. The summed E-state index contributed by atoms with van der Waals surface area (Å²) in [4.78, 5) is 9.47. The lowest BCUT2D eigenvalue weighted by atomic mass is 9.83. The number of aromatic hydroxyl groups is 1. The van der Waals surface area contributed by atoms with Gasteiger partial charge in [-0.15, -0.1) is 5.10 Å². The Labute approximate surface area is 194 Å². The van der Waals surface area contributed by atoms with Crippen LogP contribution in [0.1, 0.15) is 22.6 Å². The molecule has 0 amide bonds. The van der Waals surface area contributed by atoms with Crippen molar-refractivity contribution in [1.82, 2.24) is 19.6 Å². The van der Waals surface area contributed by atoms with Gasteiger partial charge in [-0.05, 0) is 23.1 Å². The van der Waals surface area contributed by atoms with Crippen LogP contribution in [0, 0.1) is 0 Å². The van der Waals surface area contributed by atoms with Crippen molar-refractivity contribution in [3.05, 3.63) is 114 Å². The zero-order valence-electron chi connectivity index (χ0n) is 18.0. The van der Waals surface area contributed by atoms with Crippen LogP contribution in [0.4, 0.5) is 0 Å². The van der Waals surface area contributed by atoms with E-state index in [1.165, 1.54) is 0 Å². The van der Waals surface area contributed by atoms with Gasteiger partial charge in [-0.25, -0.2) is 14.5 Å². The lowest BCUT2D eigenvalue weighted by molar-refractivity contribution is 0.437. The van der Waals surface area contributed by atoms with Crippen LogP contribution in [0.15, 0.2) is 97.3 Å². The number of phenolic OH excluding ortho intramolecular Hbond substituents is 1. The molecule has 0 saturated carbocycles. The monoisotopic (exact) mass is 442 g/mol. The second-order valence-electron chi connectivity index (χ2n) is 8.33. The fourth-order valence-corrected chi connectivity index (χ4v) is 4.82. The number of para-hydroxylation sites is 1. The number of ether oxygens (including phenoxy) is 1. The van der Waals surface area contributed by atoms with Gasteiger partial charge in [0.2, 0.25) is 5.88 Å². The van der Waals surface area contributed by atoms with Gasteiger partial charge < -0.3 is 9.84 Å². The van der Waals surface area contributed by atoms with Gasteiger partial charge >= 0.3 is 0 Å². The largest absolute Gasteiger partial charge is 0.507 e.